The number of carbonyl (C=O) groups is 1. The minimum atomic E-state index is -0.885. The molecule has 29 heavy (non-hydrogen) atoms. The van der Waals surface area contributed by atoms with Crippen molar-refractivity contribution in [3.63, 3.8) is 0 Å². The lowest BCUT2D eigenvalue weighted by molar-refractivity contribution is -0.138. The number of carbonyl (C=O) groups excluding carboxylic acids is 1. The van der Waals surface area contributed by atoms with Gasteiger partial charge in [-0.25, -0.2) is 4.99 Å². The number of rotatable bonds is 5. The number of aliphatic imine (C=N–C) groups is 1. The van der Waals surface area contributed by atoms with E-state index in [1.165, 1.54) is 24.0 Å². The lowest BCUT2D eigenvalue weighted by atomic mass is 9.61. The van der Waals surface area contributed by atoms with Gasteiger partial charge >= 0.3 is 0 Å². The molecule has 6 heteroatoms. The van der Waals surface area contributed by atoms with Gasteiger partial charge in [0.05, 0.1) is 19.3 Å². The van der Waals surface area contributed by atoms with Crippen LogP contribution in [0.5, 0.6) is 0 Å². The summed E-state index contributed by atoms with van der Waals surface area (Å²) < 4.78 is 10.9. The zero-order valence-corrected chi connectivity index (χ0v) is 17.4. The Kier molecular flexibility index (Phi) is 4.48. The van der Waals surface area contributed by atoms with Crippen molar-refractivity contribution in [1.82, 2.24) is 4.90 Å². The molecule has 4 aliphatic rings. The van der Waals surface area contributed by atoms with Crippen LogP contribution < -0.4 is 5.73 Å². The molecule has 0 aromatic heterocycles. The van der Waals surface area contributed by atoms with Crippen molar-refractivity contribution in [2.45, 2.75) is 62.5 Å². The maximum Gasteiger partial charge on any atom is 0.262 e. The number of ether oxygens (including phenoxy) is 2. The van der Waals surface area contributed by atoms with E-state index in [0.717, 1.165) is 37.7 Å². The molecule has 1 amide bonds. The Bertz CT molecular complexity index is 855. The van der Waals surface area contributed by atoms with E-state index in [2.05, 4.69) is 18.2 Å². The molecule has 2 spiro atoms. The Morgan fingerprint density at radius 2 is 1.97 bits per heavy atom. The molecule has 156 valence electrons. The van der Waals surface area contributed by atoms with E-state index in [4.69, 9.17) is 20.2 Å². The monoisotopic (exact) mass is 397 g/mol. The first-order valence-electron chi connectivity index (χ1n) is 10.9. The summed E-state index contributed by atoms with van der Waals surface area (Å²) in [6.07, 6.45) is 7.43. The lowest BCUT2D eigenvalue weighted by Crippen LogP contribution is -2.52. The SMILES string of the molecule is COCCN1C(=O)C2(N=C1N)c1cc(C3CC3)ccc1C[C@]21CC[C@@H](OC)CC1. The molecule has 3 aliphatic carbocycles. The smallest absolute Gasteiger partial charge is 0.262 e. The highest BCUT2D eigenvalue weighted by Gasteiger charge is 2.66. The zero-order valence-electron chi connectivity index (χ0n) is 17.4. The van der Waals surface area contributed by atoms with Gasteiger partial charge in [-0.15, -0.1) is 0 Å². The maximum atomic E-state index is 14.0. The summed E-state index contributed by atoms with van der Waals surface area (Å²) in [6.45, 7) is 0.895. The van der Waals surface area contributed by atoms with Crippen molar-refractivity contribution >= 4 is 11.9 Å². The number of nitrogens with two attached hydrogens (primary N) is 1. The topological polar surface area (TPSA) is 77.2 Å². The molecule has 0 bridgehead atoms. The average Bonchev–Trinajstić information content (AvgIpc) is 3.50. The summed E-state index contributed by atoms with van der Waals surface area (Å²) >= 11 is 0. The van der Waals surface area contributed by atoms with Crippen molar-refractivity contribution in [2.75, 3.05) is 27.4 Å². The predicted octanol–water partition coefficient (Wildman–Crippen LogP) is 2.69. The molecule has 1 aromatic rings. The van der Waals surface area contributed by atoms with Crippen LogP contribution >= 0.6 is 0 Å². The second-order valence-electron chi connectivity index (χ2n) is 9.21. The van der Waals surface area contributed by atoms with Crippen LogP contribution in [0.25, 0.3) is 0 Å². The van der Waals surface area contributed by atoms with Gasteiger partial charge < -0.3 is 15.2 Å². The fraction of sp³-hybridized carbons (Fsp3) is 0.652. The van der Waals surface area contributed by atoms with Gasteiger partial charge in [-0.2, -0.15) is 0 Å². The third-order valence-electron chi connectivity index (χ3n) is 7.72. The highest BCUT2D eigenvalue weighted by atomic mass is 16.5. The Labute approximate surface area is 172 Å². The fourth-order valence-corrected chi connectivity index (χ4v) is 5.95. The molecule has 1 aliphatic heterocycles. The van der Waals surface area contributed by atoms with Crippen LogP contribution in [0, 0.1) is 5.41 Å². The number of benzene rings is 1. The van der Waals surface area contributed by atoms with Crippen LogP contribution in [0.15, 0.2) is 23.2 Å². The maximum absolute atomic E-state index is 14.0. The largest absolute Gasteiger partial charge is 0.383 e. The van der Waals surface area contributed by atoms with E-state index in [1.807, 2.05) is 0 Å². The van der Waals surface area contributed by atoms with Crippen molar-refractivity contribution in [3.8, 4) is 0 Å². The zero-order chi connectivity index (χ0) is 20.2. The standard InChI is InChI=1S/C23H31N3O3/c1-28-12-11-26-20(27)23(25-21(26)24)19-13-16(15-3-4-15)5-6-17(19)14-22(23)9-7-18(29-2)8-10-22/h5-6,13,15,18H,3-4,7-12,14H2,1-2H3,(H2,24,25)/t18-,22-,23?. The van der Waals surface area contributed by atoms with Gasteiger partial charge in [-0.1, -0.05) is 18.2 Å². The quantitative estimate of drug-likeness (QED) is 0.829. The van der Waals surface area contributed by atoms with Crippen molar-refractivity contribution in [2.24, 2.45) is 16.1 Å². The molecule has 0 saturated heterocycles. The Hall–Kier alpha value is -1.92. The van der Waals surface area contributed by atoms with Gasteiger partial charge in [-0.3, -0.25) is 9.69 Å². The number of hydrogen-bond donors (Lipinski definition) is 1. The van der Waals surface area contributed by atoms with E-state index >= 15 is 0 Å². The molecule has 0 radical (unpaired) electrons. The highest BCUT2D eigenvalue weighted by Crippen LogP contribution is 2.62. The first-order chi connectivity index (χ1) is 14.0. The summed E-state index contributed by atoms with van der Waals surface area (Å²) in [6, 6.07) is 6.79. The first-order valence-corrected chi connectivity index (χ1v) is 10.9. The number of amides is 1. The van der Waals surface area contributed by atoms with Crippen molar-refractivity contribution in [3.05, 3.63) is 34.9 Å². The minimum Gasteiger partial charge on any atom is -0.383 e. The second kappa shape index (κ2) is 6.81. The molecule has 1 unspecified atom stereocenters. The number of hydrogen-bond acceptors (Lipinski definition) is 5. The van der Waals surface area contributed by atoms with Crippen LogP contribution in [-0.2, 0) is 26.2 Å². The highest BCUT2D eigenvalue weighted by molar-refractivity contribution is 6.08. The molecular formula is C23H31N3O3. The number of nitrogens with zero attached hydrogens (tertiary/aromatic N) is 2. The van der Waals surface area contributed by atoms with Crippen LogP contribution in [0.3, 0.4) is 0 Å². The van der Waals surface area contributed by atoms with E-state index in [0.29, 0.717) is 25.0 Å². The van der Waals surface area contributed by atoms with Crippen LogP contribution in [0.2, 0.25) is 0 Å². The Morgan fingerprint density at radius 1 is 1.21 bits per heavy atom. The summed E-state index contributed by atoms with van der Waals surface area (Å²) in [7, 11) is 3.43. The van der Waals surface area contributed by atoms with Gasteiger partial charge in [-0.05, 0) is 67.6 Å². The second-order valence-corrected chi connectivity index (χ2v) is 9.21. The molecular weight excluding hydrogens is 366 g/mol. The molecule has 5 rings (SSSR count). The summed E-state index contributed by atoms with van der Waals surface area (Å²) in [5.74, 6) is 1.01. The van der Waals surface area contributed by atoms with Crippen LogP contribution in [0.4, 0.5) is 0 Å². The molecule has 2 fully saturated rings. The summed E-state index contributed by atoms with van der Waals surface area (Å²) in [5, 5.41) is 0. The Balaban J connectivity index is 1.61. The van der Waals surface area contributed by atoms with Crippen LogP contribution in [0.1, 0.15) is 61.1 Å². The summed E-state index contributed by atoms with van der Waals surface area (Å²) in [5.41, 5.74) is 8.97. The van der Waals surface area contributed by atoms with E-state index in [1.54, 1.807) is 19.1 Å². The van der Waals surface area contributed by atoms with E-state index < -0.39 is 5.54 Å². The fourth-order valence-electron chi connectivity index (χ4n) is 5.95. The van der Waals surface area contributed by atoms with Crippen molar-refractivity contribution in [1.29, 1.82) is 0 Å². The molecule has 2 N–H and O–H groups in total. The van der Waals surface area contributed by atoms with Gasteiger partial charge in [0, 0.05) is 19.6 Å². The summed E-state index contributed by atoms with van der Waals surface area (Å²) in [4.78, 5) is 20.6. The van der Waals surface area contributed by atoms with Gasteiger partial charge in [0.15, 0.2) is 11.5 Å². The van der Waals surface area contributed by atoms with Gasteiger partial charge in [0.2, 0.25) is 0 Å². The van der Waals surface area contributed by atoms with Gasteiger partial charge in [0.1, 0.15) is 0 Å². The number of methoxy groups -OCH3 is 2. The van der Waals surface area contributed by atoms with Crippen LogP contribution in [-0.4, -0.2) is 50.2 Å². The van der Waals surface area contributed by atoms with Gasteiger partial charge in [0.25, 0.3) is 5.91 Å². The molecule has 1 heterocycles. The normalized spacial score (nSPS) is 33.6. The van der Waals surface area contributed by atoms with Crippen molar-refractivity contribution < 1.29 is 14.3 Å². The lowest BCUT2D eigenvalue weighted by Gasteiger charge is -2.45. The minimum absolute atomic E-state index is 0.0367. The number of guanidine groups is 1. The average molecular weight is 398 g/mol. The molecule has 1 atom stereocenters. The molecule has 6 nitrogen and oxygen atoms in total. The van der Waals surface area contributed by atoms with E-state index in [-0.39, 0.29) is 17.4 Å². The number of fused-ring (bicyclic) bond motifs is 3. The molecule has 1 aromatic carbocycles. The molecule has 2 saturated carbocycles. The van der Waals surface area contributed by atoms with E-state index in [9.17, 15) is 4.79 Å². The first kappa shape index (κ1) is 19.1. The third kappa shape index (κ3) is 2.68. The predicted molar refractivity (Wildman–Crippen MR) is 111 cm³/mol. The Morgan fingerprint density at radius 3 is 2.62 bits per heavy atom. The third-order valence-corrected chi connectivity index (χ3v) is 7.72.